The van der Waals surface area contributed by atoms with E-state index in [1.165, 1.54) is 0 Å². The molecule has 1 heterocycles. The highest BCUT2D eigenvalue weighted by molar-refractivity contribution is 9.10. The second-order valence-electron chi connectivity index (χ2n) is 6.59. The van der Waals surface area contributed by atoms with Gasteiger partial charge in [0.2, 0.25) is 0 Å². The molecule has 4 nitrogen and oxygen atoms in total. The first-order chi connectivity index (χ1) is 14.6. The van der Waals surface area contributed by atoms with Gasteiger partial charge in [0.05, 0.1) is 11.1 Å². The molecule has 0 saturated carbocycles. The van der Waals surface area contributed by atoms with Gasteiger partial charge in [-0.2, -0.15) is 0 Å². The third kappa shape index (κ3) is 4.23. The fourth-order valence-corrected chi connectivity index (χ4v) is 3.85. The predicted octanol–water partition coefficient (Wildman–Crippen LogP) is 7.27. The van der Waals surface area contributed by atoms with Crippen molar-refractivity contribution < 1.29 is 18.7 Å². The second kappa shape index (κ2) is 8.94. The molecule has 0 unspecified atom stereocenters. The highest BCUT2D eigenvalue weighted by Gasteiger charge is 2.24. The summed E-state index contributed by atoms with van der Waals surface area (Å²) in [5.41, 5.74) is 2.70. The molecule has 0 radical (unpaired) electrons. The lowest BCUT2D eigenvalue weighted by molar-refractivity contribution is 0.0529. The first kappa shape index (κ1) is 20.5. The van der Waals surface area contributed by atoms with Crippen LogP contribution >= 0.6 is 27.5 Å². The maximum Gasteiger partial charge on any atom is 0.342 e. The van der Waals surface area contributed by atoms with E-state index < -0.39 is 5.97 Å². The van der Waals surface area contributed by atoms with Gasteiger partial charge < -0.3 is 13.9 Å². The molecule has 0 aliphatic rings. The van der Waals surface area contributed by atoms with Crippen molar-refractivity contribution in [3.63, 3.8) is 0 Å². The Labute approximate surface area is 187 Å². The van der Waals surface area contributed by atoms with E-state index in [-0.39, 0.29) is 6.61 Å². The van der Waals surface area contributed by atoms with Crippen molar-refractivity contribution in [3.8, 4) is 17.1 Å². The molecule has 0 saturated heterocycles. The maximum absolute atomic E-state index is 12.8. The molecule has 0 atom stereocenters. The van der Waals surface area contributed by atoms with Crippen molar-refractivity contribution >= 4 is 44.5 Å². The van der Waals surface area contributed by atoms with Gasteiger partial charge in [-0.05, 0) is 52.7 Å². The molecule has 3 aromatic carbocycles. The number of carbonyl (C=O) groups excluding carboxylic acids is 1. The molecule has 0 fully saturated rings. The summed E-state index contributed by atoms with van der Waals surface area (Å²) in [6.45, 7) is 2.38. The normalized spacial score (nSPS) is 10.9. The lowest BCUT2D eigenvalue weighted by Crippen LogP contribution is -2.05. The molecule has 0 amide bonds. The quantitative estimate of drug-likeness (QED) is 0.269. The molecular formula is C24H18BrClO4. The number of carbonyl (C=O) groups is 1. The van der Waals surface area contributed by atoms with Crippen LogP contribution in [0.15, 0.2) is 75.6 Å². The Balaban J connectivity index is 1.78. The third-order valence-corrected chi connectivity index (χ3v) is 5.40. The van der Waals surface area contributed by atoms with Gasteiger partial charge in [0.15, 0.2) is 0 Å². The number of esters is 1. The Morgan fingerprint density at radius 1 is 1.07 bits per heavy atom. The Bertz CT molecular complexity index is 1200. The summed E-state index contributed by atoms with van der Waals surface area (Å²) >= 11 is 9.59. The van der Waals surface area contributed by atoms with Gasteiger partial charge in [0, 0.05) is 16.0 Å². The van der Waals surface area contributed by atoms with E-state index in [0.717, 1.165) is 15.6 Å². The Hall–Kier alpha value is -2.76. The summed E-state index contributed by atoms with van der Waals surface area (Å²) in [7, 11) is 0. The monoisotopic (exact) mass is 484 g/mol. The van der Waals surface area contributed by atoms with Gasteiger partial charge in [0.1, 0.15) is 29.3 Å². The molecule has 1 aromatic heterocycles. The van der Waals surface area contributed by atoms with Crippen LogP contribution in [0.2, 0.25) is 5.02 Å². The molecule has 0 bridgehead atoms. The number of fused-ring (bicyclic) bond motifs is 1. The van der Waals surface area contributed by atoms with Crippen LogP contribution in [0.3, 0.4) is 0 Å². The van der Waals surface area contributed by atoms with Crippen LogP contribution < -0.4 is 4.74 Å². The van der Waals surface area contributed by atoms with Crippen LogP contribution in [-0.4, -0.2) is 12.6 Å². The van der Waals surface area contributed by atoms with Gasteiger partial charge in [-0.3, -0.25) is 0 Å². The van der Waals surface area contributed by atoms with Crippen molar-refractivity contribution in [2.45, 2.75) is 13.5 Å². The minimum absolute atomic E-state index is 0.272. The van der Waals surface area contributed by atoms with Crippen LogP contribution in [0.5, 0.6) is 5.75 Å². The first-order valence-electron chi connectivity index (χ1n) is 9.42. The van der Waals surface area contributed by atoms with Crippen LogP contribution in [0.4, 0.5) is 0 Å². The summed E-state index contributed by atoms with van der Waals surface area (Å²) in [6, 6.07) is 20.6. The van der Waals surface area contributed by atoms with E-state index in [0.29, 0.717) is 39.7 Å². The number of hydrogen-bond donors (Lipinski definition) is 0. The topological polar surface area (TPSA) is 48.7 Å². The molecule has 0 aliphatic carbocycles. The summed E-state index contributed by atoms with van der Waals surface area (Å²) in [6.07, 6.45) is 0. The molecule has 152 valence electrons. The average molecular weight is 486 g/mol. The third-order valence-electron chi connectivity index (χ3n) is 4.54. The van der Waals surface area contributed by atoms with Crippen LogP contribution in [-0.2, 0) is 11.3 Å². The Morgan fingerprint density at radius 3 is 2.60 bits per heavy atom. The van der Waals surface area contributed by atoms with Gasteiger partial charge in [-0.25, -0.2) is 4.79 Å². The lowest BCUT2D eigenvalue weighted by Gasteiger charge is -2.09. The van der Waals surface area contributed by atoms with E-state index in [1.807, 2.05) is 54.6 Å². The van der Waals surface area contributed by atoms with Gasteiger partial charge >= 0.3 is 5.97 Å². The number of halogens is 2. The molecule has 30 heavy (non-hydrogen) atoms. The molecule has 0 aliphatic heterocycles. The summed E-state index contributed by atoms with van der Waals surface area (Å²) < 4.78 is 18.1. The first-order valence-corrected chi connectivity index (χ1v) is 10.6. The highest BCUT2D eigenvalue weighted by Crippen LogP contribution is 2.39. The number of benzene rings is 3. The van der Waals surface area contributed by atoms with E-state index in [2.05, 4.69) is 15.9 Å². The van der Waals surface area contributed by atoms with Gasteiger partial charge in [0.25, 0.3) is 0 Å². The standard InChI is InChI=1S/C24H18BrClO4/c1-2-28-24(27)22-18-12-21(29-14-15-7-6-10-17(26)11-15)19(25)13-20(18)30-23(22)16-8-4-3-5-9-16/h3-13H,2,14H2,1H3. The van der Waals surface area contributed by atoms with Crippen molar-refractivity contribution in [1.82, 2.24) is 0 Å². The fraction of sp³-hybridized carbons (Fsp3) is 0.125. The zero-order valence-corrected chi connectivity index (χ0v) is 18.5. The molecule has 6 heteroatoms. The van der Waals surface area contributed by atoms with Crippen molar-refractivity contribution in [2.24, 2.45) is 0 Å². The molecule has 4 rings (SSSR count). The second-order valence-corrected chi connectivity index (χ2v) is 7.88. The van der Waals surface area contributed by atoms with Crippen LogP contribution in [0.25, 0.3) is 22.3 Å². The lowest BCUT2D eigenvalue weighted by atomic mass is 10.1. The Morgan fingerprint density at radius 2 is 1.87 bits per heavy atom. The average Bonchev–Trinajstić information content (AvgIpc) is 3.11. The zero-order valence-electron chi connectivity index (χ0n) is 16.2. The minimum atomic E-state index is -0.432. The van der Waals surface area contributed by atoms with Crippen molar-refractivity contribution in [1.29, 1.82) is 0 Å². The summed E-state index contributed by atoms with van der Waals surface area (Å²) in [4.78, 5) is 12.8. The van der Waals surface area contributed by atoms with E-state index in [4.69, 9.17) is 25.5 Å². The van der Waals surface area contributed by atoms with Gasteiger partial charge in [-0.1, -0.05) is 54.1 Å². The molecule has 0 N–H and O–H groups in total. The number of ether oxygens (including phenoxy) is 2. The zero-order chi connectivity index (χ0) is 21.1. The number of hydrogen-bond acceptors (Lipinski definition) is 4. The summed E-state index contributed by atoms with van der Waals surface area (Å²) in [5.74, 6) is 0.634. The summed E-state index contributed by atoms with van der Waals surface area (Å²) in [5, 5.41) is 1.29. The van der Waals surface area contributed by atoms with Crippen molar-refractivity contribution in [2.75, 3.05) is 6.61 Å². The SMILES string of the molecule is CCOC(=O)c1c(-c2ccccc2)oc2cc(Br)c(OCc3cccc(Cl)c3)cc12. The van der Waals surface area contributed by atoms with Crippen molar-refractivity contribution in [3.05, 3.63) is 87.4 Å². The van der Waals surface area contributed by atoms with Gasteiger partial charge in [-0.15, -0.1) is 0 Å². The van der Waals surface area contributed by atoms with Crippen LogP contribution in [0, 0.1) is 0 Å². The molecule has 0 spiro atoms. The molecule has 4 aromatic rings. The largest absolute Gasteiger partial charge is 0.488 e. The van der Waals surface area contributed by atoms with E-state index >= 15 is 0 Å². The fourth-order valence-electron chi connectivity index (χ4n) is 3.20. The smallest absolute Gasteiger partial charge is 0.342 e. The van der Waals surface area contributed by atoms with E-state index in [1.54, 1.807) is 19.1 Å². The molecular weight excluding hydrogens is 468 g/mol. The van der Waals surface area contributed by atoms with E-state index in [9.17, 15) is 4.79 Å². The maximum atomic E-state index is 12.8. The number of rotatable bonds is 6. The van der Waals surface area contributed by atoms with Crippen LogP contribution in [0.1, 0.15) is 22.8 Å². The predicted molar refractivity (Wildman–Crippen MR) is 121 cm³/mol. The Kier molecular flexibility index (Phi) is 6.11. The minimum Gasteiger partial charge on any atom is -0.488 e. The number of furan rings is 1. The highest BCUT2D eigenvalue weighted by atomic mass is 79.9.